The second-order valence-electron chi connectivity index (χ2n) is 8.01. The first-order chi connectivity index (χ1) is 15.5. The molecule has 7 nitrogen and oxygen atoms in total. The van der Waals surface area contributed by atoms with Crippen molar-refractivity contribution in [3.8, 4) is 0 Å². The van der Waals surface area contributed by atoms with E-state index in [9.17, 15) is 31.5 Å². The summed E-state index contributed by atoms with van der Waals surface area (Å²) in [6, 6.07) is 12.7. The molecule has 0 aliphatic carbocycles. The second-order valence-corrected chi connectivity index (χ2v) is 9.95. The van der Waals surface area contributed by atoms with Gasteiger partial charge in [-0.3, -0.25) is 4.79 Å². The van der Waals surface area contributed by atoms with Crippen LogP contribution in [0.4, 0.5) is 13.2 Å². The third-order valence-corrected chi connectivity index (χ3v) is 7.67. The molecule has 0 radical (unpaired) electrons. The largest absolute Gasteiger partial charge is 0.438 e. The van der Waals surface area contributed by atoms with Gasteiger partial charge in [0.1, 0.15) is 0 Å². The topological polar surface area (TPSA) is 90.3 Å². The van der Waals surface area contributed by atoms with Gasteiger partial charge in [-0.15, -0.1) is 0 Å². The van der Waals surface area contributed by atoms with Gasteiger partial charge in [-0.25, -0.2) is 8.42 Å². The van der Waals surface area contributed by atoms with Crippen molar-refractivity contribution >= 4 is 21.6 Å². The number of carbonyl (C=O) groups excluding carboxylic acids is 1. The number of piperidine rings is 1. The highest BCUT2D eigenvalue weighted by molar-refractivity contribution is 7.89. The van der Waals surface area contributed by atoms with Crippen molar-refractivity contribution in [2.45, 2.75) is 42.5 Å². The Morgan fingerprint density at radius 2 is 1.67 bits per heavy atom. The predicted octanol–water partition coefficient (Wildman–Crippen LogP) is 3.36. The number of benzene rings is 2. The molecule has 1 fully saturated rings. The fourth-order valence-electron chi connectivity index (χ4n) is 3.94. The maximum absolute atomic E-state index is 13.9. The summed E-state index contributed by atoms with van der Waals surface area (Å²) in [5.41, 5.74) is -3.66. The molecule has 176 valence electrons. The van der Waals surface area contributed by atoms with Gasteiger partial charge < -0.3 is 5.11 Å². The minimum atomic E-state index is -5.19. The van der Waals surface area contributed by atoms with Crippen molar-refractivity contribution < 1.29 is 31.5 Å². The zero-order chi connectivity index (χ0) is 23.9. The molecule has 0 saturated carbocycles. The number of halogens is 3. The molecular formula is C22H22F3N3O4S. The van der Waals surface area contributed by atoms with Crippen LogP contribution in [-0.4, -0.2) is 59.4 Å². The molecule has 0 bridgehead atoms. The number of amides is 1. The molecule has 33 heavy (non-hydrogen) atoms. The summed E-state index contributed by atoms with van der Waals surface area (Å²) in [7, 11) is -3.91. The minimum Gasteiger partial charge on any atom is -0.362 e. The van der Waals surface area contributed by atoms with Crippen LogP contribution in [0.5, 0.6) is 0 Å². The second kappa shape index (κ2) is 8.54. The number of sulfonamides is 1. The molecule has 1 N–H and O–H groups in total. The molecule has 2 aromatic carbocycles. The van der Waals surface area contributed by atoms with Crippen LogP contribution in [0.15, 0.2) is 64.6 Å². The standard InChI is InChI=1S/C22H22F3N3O4S/c23-22(24,25)21(30)15-19(16-8-3-1-4-9-16)26-28(21)20(29)17-10-7-11-18(14-17)33(31,32)27-12-5-2-6-13-27/h1,3-4,7-11,14,30H,2,5-6,12-13,15H2/t21-/m1/s1. The van der Waals surface area contributed by atoms with Gasteiger partial charge in [0.25, 0.3) is 11.6 Å². The van der Waals surface area contributed by atoms with Crippen molar-refractivity contribution in [3.63, 3.8) is 0 Å². The summed E-state index contributed by atoms with van der Waals surface area (Å²) in [6.45, 7) is 0.677. The van der Waals surface area contributed by atoms with Gasteiger partial charge in [-0.2, -0.15) is 27.6 Å². The zero-order valence-corrected chi connectivity index (χ0v) is 18.3. The Morgan fingerprint density at radius 1 is 1.00 bits per heavy atom. The molecule has 2 aliphatic heterocycles. The van der Waals surface area contributed by atoms with Crippen molar-refractivity contribution in [2.24, 2.45) is 5.10 Å². The van der Waals surface area contributed by atoms with Crippen molar-refractivity contribution in [1.29, 1.82) is 0 Å². The third-order valence-electron chi connectivity index (χ3n) is 5.77. The van der Waals surface area contributed by atoms with Crippen LogP contribution < -0.4 is 0 Å². The van der Waals surface area contributed by atoms with Gasteiger partial charge in [0.2, 0.25) is 10.0 Å². The van der Waals surface area contributed by atoms with Crippen LogP contribution in [0.2, 0.25) is 0 Å². The maximum Gasteiger partial charge on any atom is 0.438 e. The maximum atomic E-state index is 13.9. The Balaban J connectivity index is 1.71. The number of carbonyl (C=O) groups is 1. The normalized spacial score (nSPS) is 22.3. The van der Waals surface area contributed by atoms with E-state index < -0.39 is 34.3 Å². The van der Waals surface area contributed by atoms with E-state index >= 15 is 0 Å². The Morgan fingerprint density at radius 3 is 2.30 bits per heavy atom. The first-order valence-electron chi connectivity index (χ1n) is 10.4. The molecule has 0 unspecified atom stereocenters. The molecule has 1 atom stereocenters. The van der Waals surface area contributed by atoms with Crippen LogP contribution in [-0.2, 0) is 10.0 Å². The van der Waals surface area contributed by atoms with Crippen LogP contribution in [0, 0.1) is 0 Å². The Kier molecular flexibility index (Phi) is 6.06. The molecule has 1 amide bonds. The van der Waals surface area contributed by atoms with Crippen LogP contribution in [0.25, 0.3) is 0 Å². The van der Waals surface area contributed by atoms with Crippen LogP contribution in [0.1, 0.15) is 41.6 Å². The molecule has 1 saturated heterocycles. The van der Waals surface area contributed by atoms with E-state index in [1.807, 2.05) is 0 Å². The molecular weight excluding hydrogens is 459 g/mol. The van der Waals surface area contributed by atoms with Gasteiger partial charge in [0.15, 0.2) is 0 Å². The fraction of sp³-hybridized carbons (Fsp3) is 0.364. The first-order valence-corrected chi connectivity index (χ1v) is 11.8. The Labute approximate surface area is 189 Å². The summed E-state index contributed by atoms with van der Waals surface area (Å²) >= 11 is 0. The lowest BCUT2D eigenvalue weighted by atomic mass is 10.0. The number of nitrogens with zero attached hydrogens (tertiary/aromatic N) is 3. The lowest BCUT2D eigenvalue weighted by Crippen LogP contribution is -2.56. The van der Waals surface area contributed by atoms with Gasteiger partial charge in [-0.1, -0.05) is 42.8 Å². The van der Waals surface area contributed by atoms with E-state index in [0.717, 1.165) is 12.5 Å². The monoisotopic (exact) mass is 481 g/mol. The highest BCUT2D eigenvalue weighted by Crippen LogP contribution is 2.42. The van der Waals surface area contributed by atoms with Crippen molar-refractivity contribution in [1.82, 2.24) is 9.31 Å². The molecule has 11 heteroatoms. The number of aliphatic hydroxyl groups is 1. The molecule has 0 spiro atoms. The zero-order valence-electron chi connectivity index (χ0n) is 17.5. The van der Waals surface area contributed by atoms with E-state index in [-0.39, 0.29) is 21.2 Å². The summed E-state index contributed by atoms with van der Waals surface area (Å²) < 4.78 is 68.8. The summed E-state index contributed by atoms with van der Waals surface area (Å²) in [4.78, 5) is 12.9. The van der Waals surface area contributed by atoms with E-state index in [4.69, 9.17) is 0 Å². The fourth-order valence-corrected chi connectivity index (χ4v) is 5.50. The Bertz CT molecular complexity index is 1180. The van der Waals surface area contributed by atoms with Gasteiger partial charge in [0.05, 0.1) is 17.0 Å². The van der Waals surface area contributed by atoms with Gasteiger partial charge in [0, 0.05) is 18.7 Å². The highest BCUT2D eigenvalue weighted by Gasteiger charge is 2.63. The van der Waals surface area contributed by atoms with Crippen molar-refractivity contribution in [2.75, 3.05) is 13.1 Å². The van der Waals surface area contributed by atoms with Gasteiger partial charge in [-0.05, 0) is 36.6 Å². The van der Waals surface area contributed by atoms with E-state index in [0.29, 0.717) is 31.5 Å². The molecule has 4 rings (SSSR count). The summed E-state index contributed by atoms with van der Waals surface area (Å²) in [5, 5.41) is 14.3. The number of hydrazone groups is 1. The molecule has 0 aromatic heterocycles. The molecule has 2 aliphatic rings. The quantitative estimate of drug-likeness (QED) is 0.725. The average molecular weight is 481 g/mol. The van der Waals surface area contributed by atoms with E-state index in [2.05, 4.69) is 5.10 Å². The highest BCUT2D eigenvalue weighted by atomic mass is 32.2. The van der Waals surface area contributed by atoms with Crippen molar-refractivity contribution in [3.05, 3.63) is 65.7 Å². The minimum absolute atomic E-state index is 0.00194. The summed E-state index contributed by atoms with van der Waals surface area (Å²) in [6.07, 6.45) is -3.81. The lowest BCUT2D eigenvalue weighted by molar-refractivity contribution is -0.297. The van der Waals surface area contributed by atoms with E-state index in [1.165, 1.54) is 34.6 Å². The Hall–Kier alpha value is -2.76. The SMILES string of the molecule is O=C(c1cccc(S(=O)(=O)N2CCCCC2)c1)N1N=C(c2ccccc2)C[C@@]1(O)C(F)(F)F. The van der Waals surface area contributed by atoms with E-state index in [1.54, 1.807) is 18.2 Å². The number of rotatable bonds is 4. The summed E-state index contributed by atoms with van der Waals surface area (Å²) in [5.74, 6) is -1.25. The number of hydrogen-bond acceptors (Lipinski definition) is 5. The van der Waals surface area contributed by atoms with Gasteiger partial charge >= 0.3 is 6.18 Å². The van der Waals surface area contributed by atoms with Crippen LogP contribution >= 0.6 is 0 Å². The smallest absolute Gasteiger partial charge is 0.362 e. The molecule has 2 aromatic rings. The molecule has 2 heterocycles. The lowest BCUT2D eigenvalue weighted by Gasteiger charge is -2.32. The first kappa shape index (κ1) is 23.4. The average Bonchev–Trinajstić information content (AvgIpc) is 3.19. The number of hydrogen-bond donors (Lipinski definition) is 1. The number of alkyl halides is 3. The predicted molar refractivity (Wildman–Crippen MR) is 114 cm³/mol. The van der Waals surface area contributed by atoms with Crippen LogP contribution in [0.3, 0.4) is 0 Å². The third kappa shape index (κ3) is 4.28.